The average Bonchev–Trinajstić information content (AvgIpc) is 2.82. The maximum atomic E-state index is 12.9. The van der Waals surface area contributed by atoms with E-state index >= 15 is 0 Å². The first-order valence-corrected chi connectivity index (χ1v) is 10.8. The summed E-state index contributed by atoms with van der Waals surface area (Å²) in [6, 6.07) is 24.3. The van der Waals surface area contributed by atoms with Crippen LogP contribution in [0.3, 0.4) is 0 Å². The molecule has 0 fully saturated rings. The molecule has 0 aromatic heterocycles. The zero-order valence-corrected chi connectivity index (χ0v) is 17.4. The van der Waals surface area contributed by atoms with Gasteiger partial charge >= 0.3 is 0 Å². The molecule has 31 heavy (non-hydrogen) atoms. The number of benzene rings is 3. The van der Waals surface area contributed by atoms with E-state index < -0.39 is 4.92 Å². The van der Waals surface area contributed by atoms with Crippen LogP contribution in [0.15, 0.2) is 78.9 Å². The van der Waals surface area contributed by atoms with E-state index in [-0.39, 0.29) is 17.6 Å². The summed E-state index contributed by atoms with van der Waals surface area (Å²) < 4.78 is 0. The van der Waals surface area contributed by atoms with Crippen molar-refractivity contribution in [2.75, 3.05) is 0 Å². The third-order valence-corrected chi connectivity index (χ3v) is 6.09. The molecular formula is C26H26N2O3. The number of nitro groups is 1. The lowest BCUT2D eigenvalue weighted by Crippen LogP contribution is -2.29. The number of nitrogens with zero attached hydrogens (tertiary/aromatic N) is 1. The van der Waals surface area contributed by atoms with Crippen molar-refractivity contribution >= 4 is 11.6 Å². The van der Waals surface area contributed by atoms with E-state index in [1.807, 2.05) is 30.3 Å². The zero-order valence-electron chi connectivity index (χ0n) is 17.4. The van der Waals surface area contributed by atoms with Crippen LogP contribution in [0, 0.1) is 10.1 Å². The smallest absolute Gasteiger partial charge is 0.269 e. The Morgan fingerprint density at radius 3 is 2.39 bits per heavy atom. The van der Waals surface area contributed by atoms with Gasteiger partial charge in [-0.2, -0.15) is 0 Å². The van der Waals surface area contributed by atoms with E-state index in [9.17, 15) is 14.9 Å². The zero-order chi connectivity index (χ0) is 21.6. The van der Waals surface area contributed by atoms with Gasteiger partial charge in [-0.3, -0.25) is 14.9 Å². The lowest BCUT2D eigenvalue weighted by atomic mass is 9.80. The molecule has 0 spiro atoms. The summed E-state index contributed by atoms with van der Waals surface area (Å²) in [5.74, 6) is 0.417. The Morgan fingerprint density at radius 1 is 0.968 bits per heavy atom. The topological polar surface area (TPSA) is 72.2 Å². The van der Waals surface area contributed by atoms with Crippen molar-refractivity contribution in [1.29, 1.82) is 0 Å². The molecule has 0 radical (unpaired) electrons. The van der Waals surface area contributed by atoms with Gasteiger partial charge in [0, 0.05) is 18.6 Å². The predicted octanol–water partition coefficient (Wildman–Crippen LogP) is 5.70. The van der Waals surface area contributed by atoms with Gasteiger partial charge in [0.05, 0.1) is 11.0 Å². The van der Waals surface area contributed by atoms with Crippen LogP contribution in [0.1, 0.15) is 59.9 Å². The molecule has 0 bridgehead atoms. The molecule has 1 amide bonds. The lowest BCUT2D eigenvalue weighted by molar-refractivity contribution is -0.384. The molecule has 0 heterocycles. The SMILES string of the molecule is O=C(CCC1CCCc2ccccc21)NC(c1ccccc1)c1ccc([N+](=O)[O-])cc1. The minimum Gasteiger partial charge on any atom is -0.345 e. The highest BCUT2D eigenvalue weighted by atomic mass is 16.6. The Morgan fingerprint density at radius 2 is 1.65 bits per heavy atom. The fourth-order valence-corrected chi connectivity index (χ4v) is 4.49. The Hall–Kier alpha value is -3.47. The molecule has 0 aliphatic heterocycles. The molecular weight excluding hydrogens is 388 g/mol. The van der Waals surface area contributed by atoms with E-state index in [1.165, 1.54) is 29.7 Å². The minimum atomic E-state index is -0.415. The molecule has 5 heteroatoms. The summed E-state index contributed by atoms with van der Waals surface area (Å²) in [6.45, 7) is 0. The first-order chi connectivity index (χ1) is 15.1. The monoisotopic (exact) mass is 414 g/mol. The maximum Gasteiger partial charge on any atom is 0.269 e. The summed E-state index contributed by atoms with van der Waals surface area (Å²) in [6.07, 6.45) is 4.68. The average molecular weight is 415 g/mol. The summed E-state index contributed by atoms with van der Waals surface area (Å²) >= 11 is 0. The molecule has 1 aliphatic rings. The van der Waals surface area contributed by atoms with Crippen molar-refractivity contribution in [3.8, 4) is 0 Å². The number of nitrogens with one attached hydrogen (secondary N) is 1. The van der Waals surface area contributed by atoms with E-state index in [4.69, 9.17) is 0 Å². The molecule has 5 nitrogen and oxygen atoms in total. The standard InChI is InChI=1S/C26H26N2O3/c29-25(18-15-20-11-6-10-19-7-4-5-12-24(19)20)27-26(21-8-2-1-3-9-21)22-13-16-23(17-14-22)28(30)31/h1-5,7-9,12-14,16-17,20,26H,6,10-11,15,18H2,(H,27,29). The van der Waals surface area contributed by atoms with Crippen LogP contribution < -0.4 is 5.32 Å². The van der Waals surface area contributed by atoms with Gasteiger partial charge in [0.25, 0.3) is 5.69 Å². The number of nitro benzene ring substituents is 1. The number of rotatable bonds is 7. The quantitative estimate of drug-likeness (QED) is 0.398. The first kappa shape index (κ1) is 20.8. The highest BCUT2D eigenvalue weighted by molar-refractivity contribution is 5.77. The Labute approximate surface area is 182 Å². The Kier molecular flexibility index (Phi) is 6.41. The number of carbonyl (C=O) groups is 1. The van der Waals surface area contributed by atoms with Gasteiger partial charge in [-0.05, 0) is 66.0 Å². The molecule has 3 aromatic rings. The second-order valence-corrected chi connectivity index (χ2v) is 8.09. The van der Waals surface area contributed by atoms with Crippen LogP contribution in [0.25, 0.3) is 0 Å². The normalized spacial score (nSPS) is 16.2. The van der Waals surface area contributed by atoms with Crippen LogP contribution in [0.4, 0.5) is 5.69 Å². The summed E-state index contributed by atoms with van der Waals surface area (Å²) in [5, 5.41) is 14.1. The second kappa shape index (κ2) is 9.56. The van der Waals surface area contributed by atoms with E-state index in [2.05, 4.69) is 29.6 Å². The van der Waals surface area contributed by atoms with Gasteiger partial charge < -0.3 is 5.32 Å². The molecule has 0 saturated carbocycles. The number of hydrogen-bond acceptors (Lipinski definition) is 3. The second-order valence-electron chi connectivity index (χ2n) is 8.09. The van der Waals surface area contributed by atoms with Gasteiger partial charge in [-0.15, -0.1) is 0 Å². The molecule has 2 atom stereocenters. The van der Waals surface area contributed by atoms with Crippen molar-refractivity contribution in [3.63, 3.8) is 0 Å². The number of amides is 1. The number of non-ortho nitro benzene ring substituents is 1. The van der Waals surface area contributed by atoms with Crippen molar-refractivity contribution in [2.45, 2.75) is 44.1 Å². The van der Waals surface area contributed by atoms with Crippen LogP contribution >= 0.6 is 0 Å². The third-order valence-electron chi connectivity index (χ3n) is 6.09. The Balaban J connectivity index is 1.47. The molecule has 1 aliphatic carbocycles. The van der Waals surface area contributed by atoms with Crippen molar-refractivity contribution in [3.05, 3.63) is 111 Å². The molecule has 4 rings (SSSR count). The molecule has 1 N–H and O–H groups in total. The molecule has 158 valence electrons. The van der Waals surface area contributed by atoms with Gasteiger partial charge in [0.2, 0.25) is 5.91 Å². The number of aryl methyl sites for hydroxylation is 1. The third kappa shape index (κ3) is 5.00. The van der Waals surface area contributed by atoms with Crippen LogP contribution in [-0.4, -0.2) is 10.8 Å². The van der Waals surface area contributed by atoms with E-state index in [0.717, 1.165) is 30.4 Å². The van der Waals surface area contributed by atoms with E-state index in [0.29, 0.717) is 12.3 Å². The minimum absolute atomic E-state index is 0.00439. The molecule has 0 saturated heterocycles. The number of hydrogen-bond donors (Lipinski definition) is 1. The first-order valence-electron chi connectivity index (χ1n) is 10.8. The van der Waals surface area contributed by atoms with Crippen LogP contribution in [0.2, 0.25) is 0 Å². The van der Waals surface area contributed by atoms with Crippen molar-refractivity contribution in [2.24, 2.45) is 0 Å². The van der Waals surface area contributed by atoms with Crippen LogP contribution in [-0.2, 0) is 11.2 Å². The van der Waals surface area contributed by atoms with Crippen molar-refractivity contribution in [1.82, 2.24) is 5.32 Å². The largest absolute Gasteiger partial charge is 0.345 e. The van der Waals surface area contributed by atoms with Gasteiger partial charge in [-0.1, -0.05) is 54.6 Å². The van der Waals surface area contributed by atoms with Gasteiger partial charge in [0.15, 0.2) is 0 Å². The van der Waals surface area contributed by atoms with Crippen LogP contribution in [0.5, 0.6) is 0 Å². The summed E-state index contributed by atoms with van der Waals surface area (Å²) in [7, 11) is 0. The number of fused-ring (bicyclic) bond motifs is 1. The van der Waals surface area contributed by atoms with Gasteiger partial charge in [-0.25, -0.2) is 0 Å². The number of carbonyl (C=O) groups excluding carboxylic acids is 1. The maximum absolute atomic E-state index is 12.9. The predicted molar refractivity (Wildman–Crippen MR) is 121 cm³/mol. The highest BCUT2D eigenvalue weighted by Gasteiger charge is 2.22. The van der Waals surface area contributed by atoms with E-state index in [1.54, 1.807) is 12.1 Å². The fraction of sp³-hybridized carbons (Fsp3) is 0.269. The molecule has 3 aromatic carbocycles. The Bertz CT molecular complexity index is 1050. The molecule has 2 unspecified atom stereocenters. The fourth-order valence-electron chi connectivity index (χ4n) is 4.49. The highest BCUT2D eigenvalue weighted by Crippen LogP contribution is 2.34. The lowest BCUT2D eigenvalue weighted by Gasteiger charge is -2.26. The summed E-state index contributed by atoms with van der Waals surface area (Å²) in [5.41, 5.74) is 4.61. The summed E-state index contributed by atoms with van der Waals surface area (Å²) in [4.78, 5) is 23.5. The van der Waals surface area contributed by atoms with Gasteiger partial charge in [0.1, 0.15) is 0 Å². The van der Waals surface area contributed by atoms with Crippen molar-refractivity contribution < 1.29 is 9.72 Å².